The number of hydrogen-bond acceptors (Lipinski definition) is 7. The van der Waals surface area contributed by atoms with Crippen LogP contribution in [0.2, 0.25) is 0 Å². The van der Waals surface area contributed by atoms with Gasteiger partial charge >= 0.3 is 0 Å². The molecule has 0 spiro atoms. The van der Waals surface area contributed by atoms with Crippen molar-refractivity contribution in [3.05, 3.63) is 18.0 Å². The third-order valence-electron chi connectivity index (χ3n) is 4.97. The lowest BCUT2D eigenvalue weighted by Gasteiger charge is -2.31. The molecule has 0 saturated carbocycles. The molecule has 0 radical (unpaired) electrons. The predicted octanol–water partition coefficient (Wildman–Crippen LogP) is -0.457. The number of hydrogen-bond donors (Lipinski definition) is 4. The number of dihydropyridines is 1. The molecule has 6 N–H and O–H groups in total. The van der Waals surface area contributed by atoms with E-state index >= 15 is 0 Å². The first kappa shape index (κ1) is 19.1. The number of likely N-dealkylation sites (tertiary alicyclic amines) is 1. The third kappa shape index (κ3) is 3.86. The Morgan fingerprint density at radius 2 is 2.11 bits per heavy atom. The van der Waals surface area contributed by atoms with Crippen molar-refractivity contribution in [2.75, 3.05) is 46.6 Å². The Kier molecular flexibility index (Phi) is 5.03. The standard InChI is InChI=1S/C17H28N9O/c1-26(2,3)11-4-5-24(10-11)17-13(19)8-12(18)16(23-17)22-14-9-21-25(6-7-27)15(14)20/h8-9,11,19,27H,4-7,10,18,20H2,1-3H3/q+1/b19-13?,22-16+. The summed E-state index contributed by atoms with van der Waals surface area (Å²) in [7, 11) is 6.54. The summed E-state index contributed by atoms with van der Waals surface area (Å²) in [6.07, 6.45) is 4.14. The number of rotatable bonds is 4. The lowest BCUT2D eigenvalue weighted by atomic mass is 10.2. The van der Waals surface area contributed by atoms with Crippen molar-refractivity contribution in [1.82, 2.24) is 14.7 Å². The van der Waals surface area contributed by atoms with Crippen molar-refractivity contribution in [1.29, 1.82) is 5.41 Å². The summed E-state index contributed by atoms with van der Waals surface area (Å²) < 4.78 is 2.34. The molecule has 10 heteroatoms. The number of nitrogens with one attached hydrogen (secondary N) is 1. The van der Waals surface area contributed by atoms with E-state index < -0.39 is 0 Å². The smallest absolute Gasteiger partial charge is 0.178 e. The van der Waals surface area contributed by atoms with Gasteiger partial charge in [0, 0.05) is 13.0 Å². The second-order valence-electron chi connectivity index (χ2n) is 7.75. The van der Waals surface area contributed by atoms with Crippen LogP contribution >= 0.6 is 0 Å². The van der Waals surface area contributed by atoms with Crippen LogP contribution < -0.4 is 11.5 Å². The van der Waals surface area contributed by atoms with Gasteiger partial charge in [-0.3, -0.25) is 5.41 Å². The van der Waals surface area contributed by atoms with Crippen molar-refractivity contribution < 1.29 is 9.59 Å². The molecular formula is C17H28N9O+. The highest BCUT2D eigenvalue weighted by Crippen LogP contribution is 2.24. The van der Waals surface area contributed by atoms with E-state index in [1.165, 1.54) is 10.9 Å². The molecule has 0 aromatic carbocycles. The maximum absolute atomic E-state index is 9.05. The lowest BCUT2D eigenvalue weighted by Crippen LogP contribution is -2.47. The molecular weight excluding hydrogens is 346 g/mol. The van der Waals surface area contributed by atoms with Gasteiger partial charge < -0.3 is 26.0 Å². The molecule has 1 saturated heterocycles. The molecule has 2 aliphatic heterocycles. The van der Waals surface area contributed by atoms with E-state index in [0.29, 0.717) is 41.5 Å². The van der Waals surface area contributed by atoms with E-state index in [0.717, 1.165) is 24.0 Å². The fourth-order valence-corrected chi connectivity index (χ4v) is 3.26. The number of aliphatic hydroxyl groups excluding tert-OH is 1. The summed E-state index contributed by atoms with van der Waals surface area (Å²) in [5.74, 6) is 1.25. The number of anilines is 1. The topological polar surface area (TPSA) is 142 Å². The number of nitrogens with zero attached hydrogens (tertiary/aromatic N) is 6. The Morgan fingerprint density at radius 1 is 1.37 bits per heavy atom. The maximum Gasteiger partial charge on any atom is 0.178 e. The molecule has 2 aliphatic rings. The van der Waals surface area contributed by atoms with Crippen molar-refractivity contribution in [3.8, 4) is 0 Å². The zero-order valence-corrected chi connectivity index (χ0v) is 16.1. The number of likely N-dealkylation sites (N-methyl/N-ethyl adjacent to an activating group) is 1. The summed E-state index contributed by atoms with van der Waals surface area (Å²) in [6, 6.07) is 0.483. The van der Waals surface area contributed by atoms with Crippen LogP contribution in [0.25, 0.3) is 0 Å². The summed E-state index contributed by atoms with van der Waals surface area (Å²) in [4.78, 5) is 11.1. The zero-order valence-electron chi connectivity index (χ0n) is 16.1. The van der Waals surface area contributed by atoms with E-state index in [2.05, 4.69) is 41.1 Å². The van der Waals surface area contributed by atoms with Gasteiger partial charge in [-0.1, -0.05) is 0 Å². The summed E-state index contributed by atoms with van der Waals surface area (Å²) in [5.41, 5.74) is 13.1. The van der Waals surface area contributed by atoms with E-state index in [-0.39, 0.29) is 12.3 Å². The third-order valence-corrected chi connectivity index (χ3v) is 4.97. The fourth-order valence-electron chi connectivity index (χ4n) is 3.26. The number of aromatic nitrogens is 2. The highest BCUT2D eigenvalue weighted by molar-refractivity contribution is 6.48. The van der Waals surface area contributed by atoms with Gasteiger partial charge in [0.2, 0.25) is 0 Å². The number of aliphatic imine (C=N–C) groups is 2. The van der Waals surface area contributed by atoms with Crippen LogP contribution in [0.1, 0.15) is 6.42 Å². The molecule has 1 aromatic heterocycles. The van der Waals surface area contributed by atoms with Crippen LogP contribution in [0.3, 0.4) is 0 Å². The molecule has 1 fully saturated rings. The number of quaternary nitrogens is 1. The minimum Gasteiger partial charge on any atom is -0.396 e. The van der Waals surface area contributed by atoms with Gasteiger partial charge in [-0.15, -0.1) is 0 Å². The number of nitrogen functional groups attached to an aromatic ring is 1. The zero-order chi connectivity index (χ0) is 19.8. The molecule has 1 unspecified atom stereocenters. The summed E-state index contributed by atoms with van der Waals surface area (Å²) in [5, 5.41) is 21.4. The molecule has 0 amide bonds. The van der Waals surface area contributed by atoms with Crippen molar-refractivity contribution in [2.24, 2.45) is 15.7 Å². The second kappa shape index (κ2) is 7.12. The summed E-state index contributed by atoms with van der Waals surface area (Å²) in [6.45, 7) is 1.91. The van der Waals surface area contributed by atoms with Crippen molar-refractivity contribution in [2.45, 2.75) is 19.0 Å². The largest absolute Gasteiger partial charge is 0.396 e. The number of amidine groups is 2. The maximum atomic E-state index is 9.05. The average molecular weight is 374 g/mol. The van der Waals surface area contributed by atoms with Gasteiger partial charge in [-0.05, 0) is 6.08 Å². The predicted molar refractivity (Wildman–Crippen MR) is 106 cm³/mol. The van der Waals surface area contributed by atoms with Crippen LogP contribution in [0.15, 0.2) is 28.0 Å². The SMILES string of the molecule is C[N+](C)(C)C1CCN(C2=N/C(=N/c3cnn(CCO)c3N)C(N)=CC2=N)C1. The molecule has 27 heavy (non-hydrogen) atoms. The van der Waals surface area contributed by atoms with E-state index in [9.17, 15) is 0 Å². The van der Waals surface area contributed by atoms with Gasteiger partial charge in [0.15, 0.2) is 11.7 Å². The molecule has 3 heterocycles. The molecule has 0 aliphatic carbocycles. The van der Waals surface area contributed by atoms with Gasteiger partial charge in [0.25, 0.3) is 0 Å². The molecule has 1 atom stereocenters. The quantitative estimate of drug-likeness (QED) is 0.528. The van der Waals surface area contributed by atoms with Gasteiger partial charge in [-0.25, -0.2) is 14.7 Å². The minimum absolute atomic E-state index is 0.0637. The molecule has 146 valence electrons. The minimum atomic E-state index is -0.0637. The number of aliphatic hydroxyl groups is 1. The Bertz CT molecular complexity index is 828. The van der Waals surface area contributed by atoms with Crippen molar-refractivity contribution >= 4 is 28.9 Å². The van der Waals surface area contributed by atoms with E-state index in [4.69, 9.17) is 22.0 Å². The first-order valence-corrected chi connectivity index (χ1v) is 8.92. The average Bonchev–Trinajstić information content (AvgIpc) is 3.19. The highest BCUT2D eigenvalue weighted by atomic mass is 16.3. The Labute approximate surface area is 158 Å². The van der Waals surface area contributed by atoms with Crippen LogP contribution in [0.4, 0.5) is 11.5 Å². The van der Waals surface area contributed by atoms with Crippen LogP contribution in [-0.4, -0.2) is 88.5 Å². The van der Waals surface area contributed by atoms with Crippen molar-refractivity contribution in [3.63, 3.8) is 0 Å². The normalized spacial score (nSPS) is 22.4. The molecule has 1 aromatic rings. The lowest BCUT2D eigenvalue weighted by molar-refractivity contribution is -0.893. The fraction of sp³-hybridized carbons (Fsp3) is 0.529. The Balaban J connectivity index is 1.88. The number of nitrogens with two attached hydrogens (primary N) is 2. The van der Waals surface area contributed by atoms with Gasteiger partial charge in [0.1, 0.15) is 17.5 Å². The van der Waals surface area contributed by atoms with E-state index in [1.807, 2.05) is 0 Å². The second-order valence-corrected chi connectivity index (χ2v) is 7.75. The Hall–Kier alpha value is -2.72. The van der Waals surface area contributed by atoms with E-state index in [1.54, 1.807) is 6.08 Å². The van der Waals surface area contributed by atoms with Crippen LogP contribution in [0.5, 0.6) is 0 Å². The molecule has 3 rings (SSSR count). The molecule has 0 bridgehead atoms. The van der Waals surface area contributed by atoms with Gasteiger partial charge in [-0.2, -0.15) is 5.10 Å². The van der Waals surface area contributed by atoms with Crippen LogP contribution in [-0.2, 0) is 6.54 Å². The first-order valence-electron chi connectivity index (χ1n) is 8.92. The highest BCUT2D eigenvalue weighted by Gasteiger charge is 2.35. The molecule has 10 nitrogen and oxygen atoms in total. The summed E-state index contributed by atoms with van der Waals surface area (Å²) >= 11 is 0. The van der Waals surface area contributed by atoms with Crippen LogP contribution in [0, 0.1) is 5.41 Å². The Morgan fingerprint density at radius 3 is 2.74 bits per heavy atom. The van der Waals surface area contributed by atoms with Gasteiger partial charge in [0.05, 0.1) is 58.4 Å². The monoisotopic (exact) mass is 374 g/mol. The first-order chi connectivity index (χ1) is 12.7.